The van der Waals surface area contributed by atoms with Crippen molar-refractivity contribution in [2.75, 3.05) is 26.5 Å². The number of carbonyl (C=O) groups excluding carboxylic acids is 2. The summed E-state index contributed by atoms with van der Waals surface area (Å²) < 4.78 is 48.7. The highest BCUT2D eigenvalue weighted by molar-refractivity contribution is 7.90. The molecule has 0 aliphatic rings. The summed E-state index contributed by atoms with van der Waals surface area (Å²) in [5, 5.41) is 24.8. The summed E-state index contributed by atoms with van der Waals surface area (Å²) in [5.74, 6) is -4.40. The van der Waals surface area contributed by atoms with E-state index in [1.807, 2.05) is 0 Å². The highest BCUT2D eigenvalue weighted by Crippen LogP contribution is 2.35. The minimum atomic E-state index is -3.58. The lowest BCUT2D eigenvalue weighted by atomic mass is 10.0. The van der Waals surface area contributed by atoms with Gasteiger partial charge in [-0.2, -0.15) is 0 Å². The molecule has 2 aromatic heterocycles. The van der Waals surface area contributed by atoms with E-state index < -0.39 is 39.8 Å². The summed E-state index contributed by atoms with van der Waals surface area (Å²) in [6, 6.07) is 10.5. The maximum absolute atomic E-state index is 13.6. The van der Waals surface area contributed by atoms with Crippen molar-refractivity contribution < 1.29 is 42.1 Å². The van der Waals surface area contributed by atoms with Gasteiger partial charge in [-0.15, -0.1) is 0 Å². The van der Waals surface area contributed by atoms with E-state index in [-0.39, 0.29) is 51.9 Å². The van der Waals surface area contributed by atoms with Crippen LogP contribution in [0.5, 0.6) is 11.5 Å². The number of nitrogens with one attached hydrogen (secondary N) is 1. The van der Waals surface area contributed by atoms with Gasteiger partial charge in [-0.05, 0) is 55.5 Å². The van der Waals surface area contributed by atoms with Crippen LogP contribution in [0.4, 0.5) is 4.39 Å². The first-order valence-corrected chi connectivity index (χ1v) is 14.7. The van der Waals surface area contributed by atoms with Gasteiger partial charge in [0.15, 0.2) is 9.84 Å². The molecule has 0 atom stereocenters. The van der Waals surface area contributed by atoms with Gasteiger partial charge in [0.2, 0.25) is 11.7 Å². The van der Waals surface area contributed by atoms with Crippen molar-refractivity contribution in [3.8, 4) is 22.8 Å². The molecule has 0 fully saturated rings. The number of primary amides is 1. The lowest BCUT2D eigenvalue weighted by molar-refractivity contribution is -0.166. The molecule has 2 aromatic carbocycles. The van der Waals surface area contributed by atoms with Crippen LogP contribution in [0.15, 0.2) is 59.6 Å². The summed E-state index contributed by atoms with van der Waals surface area (Å²) >= 11 is 0. The number of fused-ring (bicyclic) bond motifs is 1. The molecule has 14 heteroatoms. The second-order valence-electron chi connectivity index (χ2n) is 9.62. The number of benzene rings is 2. The van der Waals surface area contributed by atoms with Gasteiger partial charge in [0, 0.05) is 34.5 Å². The van der Waals surface area contributed by atoms with E-state index in [0.717, 1.165) is 6.26 Å². The number of nitrogens with two attached hydrogens (primary N) is 1. The Kier molecular flexibility index (Phi) is 8.94. The largest absolute Gasteiger partial charge is 0.494 e. The molecule has 0 unspecified atom stereocenters. The van der Waals surface area contributed by atoms with Crippen LogP contribution >= 0.6 is 0 Å². The Morgan fingerprint density at radius 3 is 2.42 bits per heavy atom. The van der Waals surface area contributed by atoms with E-state index in [1.165, 1.54) is 61.8 Å². The van der Waals surface area contributed by atoms with Crippen LogP contribution in [-0.2, 0) is 26.8 Å². The number of sulfone groups is 1. The minimum absolute atomic E-state index is 0.0219. The Morgan fingerprint density at radius 1 is 1.12 bits per heavy atom. The van der Waals surface area contributed by atoms with Crippen LogP contribution in [-0.4, -0.2) is 66.9 Å². The number of methoxy groups -OCH3 is 1. The summed E-state index contributed by atoms with van der Waals surface area (Å²) in [6.07, 6.45) is 1.88. The number of ether oxygens (including phenoxy) is 2. The molecular weight excluding hydrogens is 583 g/mol. The van der Waals surface area contributed by atoms with Gasteiger partial charge in [0.25, 0.3) is 5.91 Å². The average Bonchev–Trinajstić information content (AvgIpc) is 2.95. The molecule has 0 bridgehead atoms. The Hall–Kier alpha value is -4.66. The summed E-state index contributed by atoms with van der Waals surface area (Å²) in [4.78, 5) is 33.4. The zero-order valence-corrected chi connectivity index (χ0v) is 24.2. The number of aromatic nitrogens is 2. The highest BCUT2D eigenvalue weighted by atomic mass is 32.2. The number of carbonyl (C=O) groups is 2. The molecule has 12 nitrogen and oxygen atoms in total. The van der Waals surface area contributed by atoms with Gasteiger partial charge in [0.1, 0.15) is 34.2 Å². The van der Waals surface area contributed by atoms with Crippen molar-refractivity contribution in [3.05, 3.63) is 77.4 Å². The predicted molar refractivity (Wildman–Crippen MR) is 154 cm³/mol. The third kappa shape index (κ3) is 7.05. The van der Waals surface area contributed by atoms with E-state index >= 15 is 0 Å². The molecule has 0 aliphatic carbocycles. The molecule has 5 N–H and O–H groups in total. The third-order valence-electron chi connectivity index (χ3n) is 6.36. The molecule has 2 heterocycles. The second-order valence-corrected chi connectivity index (χ2v) is 11.6. The van der Waals surface area contributed by atoms with E-state index in [9.17, 15) is 32.6 Å². The highest BCUT2D eigenvalue weighted by Gasteiger charge is 2.32. The fourth-order valence-corrected chi connectivity index (χ4v) is 4.89. The normalized spacial score (nSPS) is 11.8. The van der Waals surface area contributed by atoms with E-state index in [0.29, 0.717) is 16.5 Å². The number of rotatable bonds is 11. The maximum atomic E-state index is 13.6. The monoisotopic (exact) mass is 612 g/mol. The van der Waals surface area contributed by atoms with Crippen molar-refractivity contribution >= 4 is 32.6 Å². The SMILES string of the molecule is CCOc1c(CC(N)=O)cc(C(O)(O)CNC(=O)c2cc(OC)c3ncc(S(C)(=O)=O)cc3c2)nc1-c1ccc(F)cc1. The Labute approximate surface area is 246 Å². The van der Waals surface area contributed by atoms with Gasteiger partial charge in [-0.3, -0.25) is 14.6 Å². The zero-order valence-electron chi connectivity index (χ0n) is 23.4. The summed E-state index contributed by atoms with van der Waals surface area (Å²) in [7, 11) is -2.23. The fraction of sp³-hybridized carbons (Fsp3) is 0.241. The molecule has 0 saturated carbocycles. The van der Waals surface area contributed by atoms with Crippen molar-refractivity contribution in [2.24, 2.45) is 5.73 Å². The lowest BCUT2D eigenvalue weighted by Gasteiger charge is -2.24. The first-order valence-electron chi connectivity index (χ1n) is 12.9. The second kappa shape index (κ2) is 12.3. The predicted octanol–water partition coefficient (Wildman–Crippen LogP) is 1.84. The third-order valence-corrected chi connectivity index (χ3v) is 7.44. The minimum Gasteiger partial charge on any atom is -0.494 e. The smallest absolute Gasteiger partial charge is 0.251 e. The molecule has 2 amide bonds. The number of amides is 2. The number of halogens is 1. The van der Waals surface area contributed by atoms with Crippen LogP contribution < -0.4 is 20.5 Å². The number of hydrogen-bond donors (Lipinski definition) is 4. The number of hydrogen-bond acceptors (Lipinski definition) is 10. The van der Waals surface area contributed by atoms with E-state index in [2.05, 4.69) is 15.3 Å². The van der Waals surface area contributed by atoms with Crippen LogP contribution in [0.3, 0.4) is 0 Å². The zero-order chi connectivity index (χ0) is 31.5. The van der Waals surface area contributed by atoms with Crippen molar-refractivity contribution in [2.45, 2.75) is 24.0 Å². The van der Waals surface area contributed by atoms with Gasteiger partial charge < -0.3 is 30.7 Å². The van der Waals surface area contributed by atoms with Gasteiger partial charge in [-0.1, -0.05) is 0 Å². The van der Waals surface area contributed by atoms with Gasteiger partial charge in [-0.25, -0.2) is 17.8 Å². The first kappa shape index (κ1) is 31.3. The van der Waals surface area contributed by atoms with Crippen molar-refractivity contribution in [1.29, 1.82) is 0 Å². The molecule has 0 radical (unpaired) electrons. The quantitative estimate of drug-likeness (QED) is 0.182. The molecule has 0 aliphatic heterocycles. The first-order chi connectivity index (χ1) is 20.2. The van der Waals surface area contributed by atoms with Crippen LogP contribution in [0.2, 0.25) is 0 Å². The van der Waals surface area contributed by atoms with Crippen LogP contribution in [0.1, 0.15) is 28.5 Å². The van der Waals surface area contributed by atoms with Crippen molar-refractivity contribution in [1.82, 2.24) is 15.3 Å². The van der Waals surface area contributed by atoms with E-state index in [4.69, 9.17) is 15.2 Å². The number of aliphatic hydroxyl groups is 2. The molecular formula is C29H29FN4O8S. The van der Waals surface area contributed by atoms with Crippen molar-refractivity contribution in [3.63, 3.8) is 0 Å². The topological polar surface area (TPSA) is 191 Å². The fourth-order valence-electron chi connectivity index (χ4n) is 4.30. The number of nitrogens with zero attached hydrogens (tertiary/aromatic N) is 2. The number of pyridine rings is 2. The molecule has 0 saturated heterocycles. The van der Waals surface area contributed by atoms with Crippen LogP contribution in [0, 0.1) is 5.82 Å². The lowest BCUT2D eigenvalue weighted by Crippen LogP contribution is -2.41. The molecule has 4 rings (SSSR count). The van der Waals surface area contributed by atoms with E-state index in [1.54, 1.807) is 6.92 Å². The summed E-state index contributed by atoms with van der Waals surface area (Å²) in [5.41, 5.74) is 6.08. The molecule has 0 spiro atoms. The molecule has 43 heavy (non-hydrogen) atoms. The molecule has 4 aromatic rings. The Morgan fingerprint density at radius 2 is 1.81 bits per heavy atom. The standard InChI is InChI=1S/C29H29FN4O8S/c1-4-42-27-18(13-24(31)35)12-23(34-26(27)16-5-7-20(30)8-6-16)29(37,38)15-33-28(36)19-9-17-10-21(43(3,39)40)14-32-25(17)22(11-19)41-2/h5-12,14,37-38H,4,13,15H2,1-3H3,(H2,31,35)(H,33,36). The Bertz CT molecular complexity index is 1810. The average molecular weight is 613 g/mol. The van der Waals surface area contributed by atoms with Gasteiger partial charge >= 0.3 is 0 Å². The van der Waals surface area contributed by atoms with Crippen LogP contribution in [0.25, 0.3) is 22.2 Å². The van der Waals surface area contributed by atoms with Gasteiger partial charge in [0.05, 0.1) is 31.6 Å². The maximum Gasteiger partial charge on any atom is 0.251 e. The Balaban J connectivity index is 1.70. The molecule has 226 valence electrons. The summed E-state index contributed by atoms with van der Waals surface area (Å²) in [6.45, 7) is 1.12.